The van der Waals surface area contributed by atoms with Gasteiger partial charge in [0.05, 0.1) is 25.8 Å². The Labute approximate surface area is 165 Å². The Hall–Kier alpha value is -3.49. The van der Waals surface area contributed by atoms with Gasteiger partial charge in [0.15, 0.2) is 0 Å². The molecule has 0 fully saturated rings. The lowest BCUT2D eigenvalue weighted by molar-refractivity contribution is -0.137. The molecule has 0 atom stereocenters. The Kier molecular flexibility index (Phi) is 6.06. The van der Waals surface area contributed by atoms with Gasteiger partial charge in [-0.25, -0.2) is 0 Å². The summed E-state index contributed by atoms with van der Waals surface area (Å²) < 4.78 is 55.4. The Morgan fingerprint density at radius 2 is 1.52 bits per heavy atom. The predicted molar refractivity (Wildman–Crippen MR) is 100 cm³/mol. The van der Waals surface area contributed by atoms with Gasteiger partial charge >= 0.3 is 12.2 Å². The van der Waals surface area contributed by atoms with Crippen molar-refractivity contribution < 1.29 is 27.4 Å². The zero-order chi connectivity index (χ0) is 20.9. The highest BCUT2D eigenvalue weighted by atomic mass is 19.4. The summed E-state index contributed by atoms with van der Waals surface area (Å²) in [7, 11) is 2.89. The number of methoxy groups -OCH3 is 2. The zero-order valence-corrected chi connectivity index (χ0v) is 15.7. The van der Waals surface area contributed by atoms with E-state index in [9.17, 15) is 13.2 Å². The lowest BCUT2D eigenvalue weighted by Crippen LogP contribution is -2.11. The summed E-state index contributed by atoms with van der Waals surface area (Å²) in [6.45, 7) is 0.102. The molecule has 1 N–H and O–H groups in total. The van der Waals surface area contributed by atoms with Crippen LogP contribution in [0.1, 0.15) is 11.1 Å². The highest BCUT2D eigenvalue weighted by Crippen LogP contribution is 2.35. The Morgan fingerprint density at radius 3 is 2.17 bits per heavy atom. The van der Waals surface area contributed by atoms with Gasteiger partial charge in [0, 0.05) is 17.8 Å². The molecule has 152 valence electrons. The van der Waals surface area contributed by atoms with Gasteiger partial charge in [-0.15, -0.1) is 0 Å². The number of nitrogens with zero attached hydrogens (tertiary/aromatic N) is 2. The molecule has 0 bridgehead atoms. The third-order valence-electron chi connectivity index (χ3n) is 3.95. The Bertz CT molecular complexity index is 958. The summed E-state index contributed by atoms with van der Waals surface area (Å²) in [6.07, 6.45) is -4.45. The first-order valence-electron chi connectivity index (χ1n) is 8.53. The maximum atomic E-state index is 13.2. The molecule has 0 amide bonds. The number of hydrogen-bond acceptors (Lipinski definition) is 6. The van der Waals surface area contributed by atoms with Crippen molar-refractivity contribution in [2.45, 2.75) is 12.7 Å². The Morgan fingerprint density at radius 1 is 0.897 bits per heavy atom. The lowest BCUT2D eigenvalue weighted by Gasteiger charge is -2.16. The number of aromatic nitrogens is 2. The van der Waals surface area contributed by atoms with Crippen LogP contribution in [-0.4, -0.2) is 24.2 Å². The van der Waals surface area contributed by atoms with E-state index in [1.54, 1.807) is 24.3 Å². The highest BCUT2D eigenvalue weighted by molar-refractivity contribution is 5.53. The minimum Gasteiger partial charge on any atom is -0.481 e. The molecule has 9 heteroatoms. The topological polar surface area (TPSA) is 65.5 Å². The van der Waals surface area contributed by atoms with Crippen LogP contribution in [0.5, 0.6) is 23.5 Å². The SMILES string of the molecule is COc1cc(OC)nc(Oc2ccccc2CNc2ccccc2C(F)(F)F)n1. The van der Waals surface area contributed by atoms with E-state index in [1.165, 1.54) is 38.5 Å². The molecule has 6 nitrogen and oxygen atoms in total. The fourth-order valence-electron chi connectivity index (χ4n) is 2.56. The first-order chi connectivity index (χ1) is 13.9. The van der Waals surface area contributed by atoms with Crippen molar-refractivity contribution in [2.24, 2.45) is 0 Å². The number of nitrogens with one attached hydrogen (secondary N) is 1. The summed E-state index contributed by atoms with van der Waals surface area (Å²) in [6, 6.07) is 13.7. The maximum Gasteiger partial charge on any atom is 0.418 e. The van der Waals surface area contributed by atoms with E-state index in [1.807, 2.05) is 0 Å². The second-order valence-electron chi connectivity index (χ2n) is 5.84. The van der Waals surface area contributed by atoms with Crippen molar-refractivity contribution in [1.82, 2.24) is 9.97 Å². The van der Waals surface area contributed by atoms with Gasteiger partial charge in [-0.05, 0) is 18.2 Å². The number of para-hydroxylation sites is 2. The van der Waals surface area contributed by atoms with Gasteiger partial charge in [0.25, 0.3) is 0 Å². The van der Waals surface area contributed by atoms with E-state index in [4.69, 9.17) is 14.2 Å². The molecule has 0 saturated heterocycles. The average Bonchev–Trinajstić information content (AvgIpc) is 2.72. The van der Waals surface area contributed by atoms with Crippen LogP contribution in [0, 0.1) is 0 Å². The monoisotopic (exact) mass is 405 g/mol. The van der Waals surface area contributed by atoms with E-state index in [0.29, 0.717) is 11.3 Å². The zero-order valence-electron chi connectivity index (χ0n) is 15.7. The van der Waals surface area contributed by atoms with Gasteiger partial charge in [0.2, 0.25) is 11.8 Å². The lowest BCUT2D eigenvalue weighted by atomic mass is 10.1. The van der Waals surface area contributed by atoms with Crippen molar-refractivity contribution in [3.8, 4) is 23.5 Å². The van der Waals surface area contributed by atoms with Crippen molar-refractivity contribution in [3.05, 3.63) is 65.7 Å². The number of rotatable bonds is 7. The van der Waals surface area contributed by atoms with Crippen LogP contribution in [0.25, 0.3) is 0 Å². The molecule has 0 aliphatic carbocycles. The molecule has 1 aromatic heterocycles. The van der Waals surface area contributed by atoms with Crippen LogP contribution < -0.4 is 19.5 Å². The average molecular weight is 405 g/mol. The van der Waals surface area contributed by atoms with Crippen LogP contribution >= 0.6 is 0 Å². The van der Waals surface area contributed by atoms with Crippen molar-refractivity contribution in [3.63, 3.8) is 0 Å². The number of benzene rings is 2. The van der Waals surface area contributed by atoms with Crippen molar-refractivity contribution >= 4 is 5.69 Å². The van der Waals surface area contributed by atoms with Gasteiger partial charge in [-0.3, -0.25) is 0 Å². The molecule has 0 aliphatic rings. The maximum absolute atomic E-state index is 13.2. The summed E-state index contributed by atoms with van der Waals surface area (Å²) in [5, 5.41) is 2.82. The molecule has 3 aromatic rings. The molecular weight excluding hydrogens is 387 g/mol. The molecular formula is C20H18F3N3O3. The van der Waals surface area contributed by atoms with Gasteiger partial charge in [0.1, 0.15) is 5.75 Å². The van der Waals surface area contributed by atoms with Crippen LogP contribution in [0.2, 0.25) is 0 Å². The molecule has 0 radical (unpaired) electrons. The summed E-state index contributed by atoms with van der Waals surface area (Å²) in [5.74, 6) is 0.892. The van der Waals surface area contributed by atoms with Gasteiger partial charge in [-0.1, -0.05) is 30.3 Å². The third-order valence-corrected chi connectivity index (χ3v) is 3.95. The molecule has 29 heavy (non-hydrogen) atoms. The largest absolute Gasteiger partial charge is 0.481 e. The van der Waals surface area contributed by atoms with E-state index in [0.717, 1.165) is 6.07 Å². The summed E-state index contributed by atoms with van der Waals surface area (Å²) in [4.78, 5) is 8.19. The number of hydrogen-bond donors (Lipinski definition) is 1. The number of halogens is 3. The molecule has 0 spiro atoms. The van der Waals surface area contributed by atoms with Crippen LogP contribution in [0.3, 0.4) is 0 Å². The minimum absolute atomic E-state index is 0.00987. The van der Waals surface area contributed by atoms with Gasteiger partial charge < -0.3 is 19.5 Å². The van der Waals surface area contributed by atoms with Crippen LogP contribution in [0.4, 0.5) is 18.9 Å². The minimum atomic E-state index is -4.45. The first-order valence-corrected chi connectivity index (χ1v) is 8.53. The standard InChI is InChI=1S/C20H18F3N3O3/c1-27-17-11-18(28-2)26-19(25-17)29-16-10-6-3-7-13(16)12-24-15-9-5-4-8-14(15)20(21,22)23/h3-11,24H,12H2,1-2H3. The first kappa shape index (κ1) is 20.2. The number of anilines is 1. The van der Waals surface area contributed by atoms with E-state index in [-0.39, 0.29) is 30.0 Å². The van der Waals surface area contributed by atoms with Crippen LogP contribution in [0.15, 0.2) is 54.6 Å². The highest BCUT2D eigenvalue weighted by Gasteiger charge is 2.33. The van der Waals surface area contributed by atoms with E-state index in [2.05, 4.69) is 15.3 Å². The molecule has 1 heterocycles. The Balaban J connectivity index is 1.82. The molecule has 2 aromatic carbocycles. The summed E-state index contributed by atoms with van der Waals surface area (Å²) >= 11 is 0. The van der Waals surface area contributed by atoms with Crippen LogP contribution in [-0.2, 0) is 12.7 Å². The van der Waals surface area contributed by atoms with E-state index >= 15 is 0 Å². The summed E-state index contributed by atoms with van der Waals surface area (Å²) in [5.41, 5.74) is -0.136. The fraction of sp³-hybridized carbons (Fsp3) is 0.200. The number of alkyl halides is 3. The number of ether oxygens (including phenoxy) is 3. The second kappa shape index (κ2) is 8.68. The van der Waals surface area contributed by atoms with Crippen molar-refractivity contribution in [1.29, 1.82) is 0 Å². The molecule has 3 rings (SSSR count). The molecule has 0 unspecified atom stereocenters. The molecule has 0 aliphatic heterocycles. The van der Waals surface area contributed by atoms with Crippen molar-refractivity contribution in [2.75, 3.05) is 19.5 Å². The fourth-order valence-corrected chi connectivity index (χ4v) is 2.56. The third kappa shape index (κ3) is 5.07. The smallest absolute Gasteiger partial charge is 0.418 e. The quantitative estimate of drug-likeness (QED) is 0.602. The normalized spacial score (nSPS) is 11.1. The predicted octanol–water partition coefficient (Wildman–Crippen LogP) is 4.92. The van der Waals surface area contributed by atoms with E-state index < -0.39 is 11.7 Å². The van der Waals surface area contributed by atoms with Gasteiger partial charge in [-0.2, -0.15) is 23.1 Å². The second-order valence-corrected chi connectivity index (χ2v) is 5.84. The molecule has 0 saturated carbocycles.